The van der Waals surface area contributed by atoms with E-state index in [0.29, 0.717) is 0 Å². The predicted octanol–water partition coefficient (Wildman–Crippen LogP) is 3.59. The molecule has 0 spiro atoms. The normalized spacial score (nSPS) is 18.3. The summed E-state index contributed by atoms with van der Waals surface area (Å²) < 4.78 is 0. The summed E-state index contributed by atoms with van der Waals surface area (Å²) in [7, 11) is 2.01. The number of amides is 1. The van der Waals surface area contributed by atoms with Crippen molar-refractivity contribution in [3.63, 3.8) is 0 Å². The number of nitrogens with one attached hydrogen (secondary N) is 1. The number of nitrogens with zero attached hydrogens (tertiary/aromatic N) is 2. The zero-order chi connectivity index (χ0) is 16.8. The highest BCUT2D eigenvalue weighted by Crippen LogP contribution is 2.22. The molecule has 2 aliphatic rings. The maximum absolute atomic E-state index is 12.8. The van der Waals surface area contributed by atoms with Crippen LogP contribution in [0.2, 0.25) is 0 Å². The second-order valence-corrected chi connectivity index (χ2v) is 7.31. The van der Waals surface area contributed by atoms with Crippen LogP contribution in [0, 0.1) is 5.92 Å². The van der Waals surface area contributed by atoms with Crippen molar-refractivity contribution in [3.8, 4) is 0 Å². The van der Waals surface area contributed by atoms with Gasteiger partial charge in [-0.2, -0.15) is 0 Å². The van der Waals surface area contributed by atoms with E-state index in [0.717, 1.165) is 50.5 Å². The molecule has 0 aliphatic carbocycles. The van der Waals surface area contributed by atoms with Crippen molar-refractivity contribution in [2.45, 2.75) is 38.6 Å². The van der Waals surface area contributed by atoms with E-state index in [4.69, 9.17) is 0 Å². The maximum Gasteiger partial charge on any atom is 0.253 e. The van der Waals surface area contributed by atoms with E-state index in [-0.39, 0.29) is 30.7 Å². The van der Waals surface area contributed by atoms with Crippen molar-refractivity contribution in [2.75, 3.05) is 39.8 Å². The maximum atomic E-state index is 12.8. The summed E-state index contributed by atoms with van der Waals surface area (Å²) in [6.45, 7) is 6.26. The molecule has 2 heterocycles. The Morgan fingerprint density at radius 1 is 1.12 bits per heavy atom. The lowest BCUT2D eigenvalue weighted by Gasteiger charge is -2.32. The van der Waals surface area contributed by atoms with Crippen LogP contribution in [-0.2, 0) is 6.54 Å². The first kappa shape index (κ1) is 23.2. The molecule has 6 heteroatoms. The lowest BCUT2D eigenvalue weighted by atomic mass is 9.93. The molecule has 0 saturated carbocycles. The monoisotopic (exact) mass is 401 g/mol. The number of likely N-dealkylation sites (tertiary alicyclic amines) is 2. The molecular formula is C20H33Cl2N3O. The van der Waals surface area contributed by atoms with Gasteiger partial charge in [0.05, 0.1) is 0 Å². The molecule has 0 radical (unpaired) electrons. The Bertz CT molecular complexity index is 542. The first-order valence-corrected chi connectivity index (χ1v) is 9.51. The highest BCUT2D eigenvalue weighted by molar-refractivity contribution is 5.94. The molecule has 0 bridgehead atoms. The lowest BCUT2D eigenvalue weighted by molar-refractivity contribution is 0.0687. The number of hydrogen-bond acceptors (Lipinski definition) is 3. The van der Waals surface area contributed by atoms with Gasteiger partial charge in [0, 0.05) is 25.2 Å². The number of carbonyl (C=O) groups is 1. The van der Waals surface area contributed by atoms with Crippen LogP contribution >= 0.6 is 24.8 Å². The van der Waals surface area contributed by atoms with Crippen molar-refractivity contribution in [1.29, 1.82) is 0 Å². The highest BCUT2D eigenvalue weighted by Gasteiger charge is 2.23. The number of rotatable bonds is 6. The van der Waals surface area contributed by atoms with Crippen molar-refractivity contribution < 1.29 is 4.79 Å². The van der Waals surface area contributed by atoms with Gasteiger partial charge in [0.25, 0.3) is 5.91 Å². The third kappa shape index (κ3) is 6.41. The fraction of sp³-hybridized carbons (Fsp3) is 0.650. The second kappa shape index (κ2) is 11.8. The molecule has 2 saturated heterocycles. The van der Waals surface area contributed by atoms with Gasteiger partial charge in [-0.25, -0.2) is 0 Å². The largest absolute Gasteiger partial charge is 0.339 e. The Balaban J connectivity index is 0.00000169. The molecule has 2 fully saturated rings. The topological polar surface area (TPSA) is 35.6 Å². The van der Waals surface area contributed by atoms with Gasteiger partial charge in [-0.15, -0.1) is 24.8 Å². The van der Waals surface area contributed by atoms with Crippen LogP contribution in [0.1, 0.15) is 48.0 Å². The Hall–Kier alpha value is -0.810. The van der Waals surface area contributed by atoms with E-state index in [1.165, 1.54) is 37.9 Å². The van der Waals surface area contributed by atoms with Crippen LogP contribution < -0.4 is 5.32 Å². The summed E-state index contributed by atoms with van der Waals surface area (Å²) in [5, 5.41) is 3.23. The first-order valence-electron chi connectivity index (χ1n) is 9.51. The molecule has 26 heavy (non-hydrogen) atoms. The van der Waals surface area contributed by atoms with Crippen LogP contribution in [0.4, 0.5) is 0 Å². The molecule has 0 atom stereocenters. The lowest BCUT2D eigenvalue weighted by Crippen LogP contribution is -2.39. The summed E-state index contributed by atoms with van der Waals surface area (Å²) in [4.78, 5) is 17.3. The molecule has 1 aromatic carbocycles. The van der Waals surface area contributed by atoms with E-state index >= 15 is 0 Å². The van der Waals surface area contributed by atoms with E-state index < -0.39 is 0 Å². The molecule has 3 rings (SSSR count). The Labute approximate surface area is 170 Å². The summed E-state index contributed by atoms with van der Waals surface area (Å²) in [6, 6.07) is 8.27. The molecule has 4 nitrogen and oxygen atoms in total. The fourth-order valence-electron chi connectivity index (χ4n) is 3.96. The molecule has 2 aliphatic heterocycles. The average Bonchev–Trinajstić information content (AvgIpc) is 3.13. The van der Waals surface area contributed by atoms with Gasteiger partial charge in [-0.3, -0.25) is 9.69 Å². The number of benzene rings is 1. The van der Waals surface area contributed by atoms with Crippen molar-refractivity contribution >= 4 is 30.7 Å². The van der Waals surface area contributed by atoms with Crippen molar-refractivity contribution in [2.24, 2.45) is 5.92 Å². The third-order valence-corrected chi connectivity index (χ3v) is 5.48. The smallest absolute Gasteiger partial charge is 0.253 e. The molecule has 1 N–H and O–H groups in total. The van der Waals surface area contributed by atoms with Gasteiger partial charge in [-0.05, 0) is 82.4 Å². The van der Waals surface area contributed by atoms with Gasteiger partial charge in [0.15, 0.2) is 0 Å². The minimum absolute atomic E-state index is 0. The van der Waals surface area contributed by atoms with Crippen molar-refractivity contribution in [3.05, 3.63) is 35.4 Å². The van der Waals surface area contributed by atoms with Crippen LogP contribution in [0.5, 0.6) is 0 Å². The van der Waals surface area contributed by atoms with Gasteiger partial charge in [-0.1, -0.05) is 12.1 Å². The van der Waals surface area contributed by atoms with E-state index in [1.807, 2.05) is 24.1 Å². The first-order chi connectivity index (χ1) is 11.8. The molecule has 0 aromatic heterocycles. The number of piperidine rings is 1. The Morgan fingerprint density at radius 3 is 2.46 bits per heavy atom. The van der Waals surface area contributed by atoms with Crippen molar-refractivity contribution in [1.82, 2.24) is 15.1 Å². The second-order valence-electron chi connectivity index (χ2n) is 7.31. The van der Waals surface area contributed by atoms with Gasteiger partial charge < -0.3 is 10.2 Å². The van der Waals surface area contributed by atoms with Crippen LogP contribution in [0.25, 0.3) is 0 Å². The van der Waals surface area contributed by atoms with Crippen LogP contribution in [0.15, 0.2) is 24.3 Å². The predicted molar refractivity (Wildman–Crippen MR) is 113 cm³/mol. The summed E-state index contributed by atoms with van der Waals surface area (Å²) in [6.07, 6.45) is 6.12. The standard InChI is InChI=1S/C20H31N3O.2ClH/c1-21-10-7-17-8-13-23(14-9-17)20(24)19-6-4-5-18(15-19)16-22-11-2-3-12-22;;/h4-6,15,17,21H,2-3,7-14,16H2,1H3;2*1H. The van der Waals surface area contributed by atoms with Gasteiger partial charge in [0.2, 0.25) is 0 Å². The average molecular weight is 402 g/mol. The quantitative estimate of drug-likeness (QED) is 0.790. The number of carbonyl (C=O) groups excluding carboxylic acids is 1. The van der Waals surface area contributed by atoms with E-state index in [1.54, 1.807) is 0 Å². The fourth-order valence-corrected chi connectivity index (χ4v) is 3.96. The highest BCUT2D eigenvalue weighted by atomic mass is 35.5. The van der Waals surface area contributed by atoms with E-state index in [2.05, 4.69) is 22.3 Å². The zero-order valence-electron chi connectivity index (χ0n) is 15.8. The minimum atomic E-state index is 0. The van der Waals surface area contributed by atoms with Crippen LogP contribution in [0.3, 0.4) is 0 Å². The SMILES string of the molecule is CNCCC1CCN(C(=O)c2cccc(CN3CCCC3)c2)CC1.Cl.Cl. The number of halogens is 2. The number of hydrogen-bond donors (Lipinski definition) is 1. The molecule has 148 valence electrons. The third-order valence-electron chi connectivity index (χ3n) is 5.48. The summed E-state index contributed by atoms with van der Waals surface area (Å²) in [5.41, 5.74) is 2.13. The summed E-state index contributed by atoms with van der Waals surface area (Å²) in [5.74, 6) is 0.980. The Morgan fingerprint density at radius 2 is 1.81 bits per heavy atom. The summed E-state index contributed by atoms with van der Waals surface area (Å²) >= 11 is 0. The van der Waals surface area contributed by atoms with E-state index in [9.17, 15) is 4.79 Å². The molecular weight excluding hydrogens is 369 g/mol. The Kier molecular flexibility index (Phi) is 10.6. The molecule has 0 unspecified atom stereocenters. The van der Waals surface area contributed by atoms with Crippen LogP contribution in [-0.4, -0.2) is 55.5 Å². The molecule has 1 amide bonds. The zero-order valence-corrected chi connectivity index (χ0v) is 17.4. The minimum Gasteiger partial charge on any atom is -0.339 e. The molecule has 1 aromatic rings. The van der Waals surface area contributed by atoms with Gasteiger partial charge >= 0.3 is 0 Å². The van der Waals surface area contributed by atoms with Gasteiger partial charge in [0.1, 0.15) is 0 Å².